The Hall–Kier alpha value is -2.84. The van der Waals surface area contributed by atoms with Gasteiger partial charge in [0, 0.05) is 40.0 Å². The molecule has 6 nitrogen and oxygen atoms in total. The van der Waals surface area contributed by atoms with E-state index in [1.165, 1.54) is 0 Å². The van der Waals surface area contributed by atoms with E-state index in [2.05, 4.69) is 26.3 Å². The molecule has 28 heavy (non-hydrogen) atoms. The zero-order chi connectivity index (χ0) is 19.9. The summed E-state index contributed by atoms with van der Waals surface area (Å²) in [6.07, 6.45) is 0. The maximum Gasteiger partial charge on any atom is 0.318 e. The van der Waals surface area contributed by atoms with Crippen molar-refractivity contribution in [2.24, 2.45) is 0 Å². The lowest BCUT2D eigenvalue weighted by Gasteiger charge is -2.09. The molecule has 3 amide bonds. The number of urea groups is 1. The lowest BCUT2D eigenvalue weighted by Crippen LogP contribution is -2.24. The minimum absolute atomic E-state index is 0.205. The number of aromatic nitrogens is 1. The Kier molecular flexibility index (Phi) is 6.67. The molecule has 0 bridgehead atoms. The monoisotopic (exact) mass is 412 g/mol. The van der Waals surface area contributed by atoms with Gasteiger partial charge in [-0.1, -0.05) is 6.07 Å². The highest BCUT2D eigenvalue weighted by atomic mass is 32.2. The van der Waals surface area contributed by atoms with Crippen LogP contribution in [0.5, 0.6) is 0 Å². The molecule has 1 aromatic heterocycles. The van der Waals surface area contributed by atoms with Crippen molar-refractivity contribution in [2.45, 2.75) is 17.6 Å². The number of thioether (sulfide) groups is 1. The molecule has 0 fully saturated rings. The number of hydrogen-bond donors (Lipinski definition) is 3. The van der Waals surface area contributed by atoms with Gasteiger partial charge in [-0.3, -0.25) is 4.79 Å². The first-order chi connectivity index (χ1) is 13.5. The van der Waals surface area contributed by atoms with E-state index in [9.17, 15) is 9.59 Å². The lowest BCUT2D eigenvalue weighted by molar-refractivity contribution is 0.102. The molecule has 8 heteroatoms. The van der Waals surface area contributed by atoms with E-state index in [-0.39, 0.29) is 11.9 Å². The predicted molar refractivity (Wildman–Crippen MR) is 115 cm³/mol. The Morgan fingerprint density at radius 2 is 1.79 bits per heavy atom. The quantitative estimate of drug-likeness (QED) is 0.510. The summed E-state index contributed by atoms with van der Waals surface area (Å²) < 4.78 is 0. The highest BCUT2D eigenvalue weighted by Crippen LogP contribution is 2.24. The number of carbonyl (C=O) groups excluding carboxylic acids is 2. The molecule has 144 valence electrons. The number of carbonyl (C=O) groups is 2. The smallest absolute Gasteiger partial charge is 0.318 e. The molecule has 3 rings (SSSR count). The van der Waals surface area contributed by atoms with Gasteiger partial charge in [0.2, 0.25) is 0 Å². The number of nitrogens with zero attached hydrogens (tertiary/aromatic N) is 1. The number of thiazole rings is 1. The van der Waals surface area contributed by atoms with E-state index < -0.39 is 0 Å². The first kappa shape index (κ1) is 19.9. The molecule has 0 unspecified atom stereocenters. The van der Waals surface area contributed by atoms with Gasteiger partial charge in [0.25, 0.3) is 5.91 Å². The third-order valence-corrected chi connectivity index (χ3v) is 5.64. The van der Waals surface area contributed by atoms with Gasteiger partial charge in [0.15, 0.2) is 0 Å². The average Bonchev–Trinajstić information content (AvgIpc) is 3.12. The van der Waals surface area contributed by atoms with Crippen molar-refractivity contribution in [1.82, 2.24) is 10.3 Å². The maximum atomic E-state index is 12.5. The highest BCUT2D eigenvalue weighted by Gasteiger charge is 2.08. The van der Waals surface area contributed by atoms with E-state index in [1.807, 2.05) is 19.1 Å². The molecule has 2 aromatic carbocycles. The Balaban J connectivity index is 1.58. The van der Waals surface area contributed by atoms with Gasteiger partial charge in [-0.05, 0) is 49.4 Å². The zero-order valence-electron chi connectivity index (χ0n) is 15.5. The number of benzene rings is 2. The molecule has 0 aliphatic rings. The Labute approximate surface area is 171 Å². The SMILES string of the molecule is CNC(=O)Nc1cccc(NC(=O)c2ccc(SCc3csc(C)n3)cc2)c1. The van der Waals surface area contributed by atoms with Crippen LogP contribution in [0, 0.1) is 6.92 Å². The van der Waals surface area contributed by atoms with Crippen LogP contribution in [0.3, 0.4) is 0 Å². The van der Waals surface area contributed by atoms with E-state index in [4.69, 9.17) is 0 Å². The number of amides is 3. The highest BCUT2D eigenvalue weighted by molar-refractivity contribution is 7.98. The van der Waals surface area contributed by atoms with Crippen molar-refractivity contribution in [3.05, 3.63) is 70.2 Å². The summed E-state index contributed by atoms with van der Waals surface area (Å²) >= 11 is 3.34. The Morgan fingerprint density at radius 1 is 1.07 bits per heavy atom. The van der Waals surface area contributed by atoms with Gasteiger partial charge in [-0.2, -0.15) is 0 Å². The van der Waals surface area contributed by atoms with Crippen molar-refractivity contribution in [3.8, 4) is 0 Å². The first-order valence-electron chi connectivity index (χ1n) is 8.57. The summed E-state index contributed by atoms with van der Waals surface area (Å²) in [7, 11) is 1.54. The standard InChI is InChI=1S/C20H20N4O2S2/c1-13-22-17(11-27-13)12-28-18-8-6-14(7-9-18)19(25)23-15-4-3-5-16(10-15)24-20(26)21-2/h3-11H,12H2,1-2H3,(H,23,25)(H2,21,24,26). The fraction of sp³-hybridized carbons (Fsp3) is 0.150. The number of rotatable bonds is 6. The molecule has 0 radical (unpaired) electrons. The first-order valence-corrected chi connectivity index (χ1v) is 10.4. The summed E-state index contributed by atoms with van der Waals surface area (Å²) in [6, 6.07) is 14.1. The third kappa shape index (κ3) is 5.58. The van der Waals surface area contributed by atoms with Crippen molar-refractivity contribution < 1.29 is 9.59 Å². The molecule has 0 saturated carbocycles. The van der Waals surface area contributed by atoms with E-state index >= 15 is 0 Å². The number of aryl methyl sites for hydroxylation is 1. The third-order valence-electron chi connectivity index (χ3n) is 3.78. The van der Waals surface area contributed by atoms with Crippen LogP contribution >= 0.6 is 23.1 Å². The molecular formula is C20H20N4O2S2. The molecule has 1 heterocycles. The number of hydrogen-bond acceptors (Lipinski definition) is 5. The van der Waals surface area contributed by atoms with Crippen LogP contribution in [0.1, 0.15) is 21.1 Å². The fourth-order valence-corrected chi connectivity index (χ4v) is 3.91. The minimum atomic E-state index is -0.315. The number of anilines is 2. The second-order valence-electron chi connectivity index (χ2n) is 5.91. The summed E-state index contributed by atoms with van der Waals surface area (Å²) in [5.41, 5.74) is 2.84. The molecular weight excluding hydrogens is 392 g/mol. The Morgan fingerprint density at radius 3 is 2.43 bits per heavy atom. The second-order valence-corrected chi connectivity index (χ2v) is 8.02. The van der Waals surface area contributed by atoms with Crippen molar-refractivity contribution in [2.75, 3.05) is 17.7 Å². The second kappa shape index (κ2) is 9.38. The minimum Gasteiger partial charge on any atom is -0.341 e. The van der Waals surface area contributed by atoms with Gasteiger partial charge in [0.05, 0.1) is 10.7 Å². The van der Waals surface area contributed by atoms with Crippen LogP contribution in [0.25, 0.3) is 0 Å². The molecule has 0 aliphatic carbocycles. The lowest BCUT2D eigenvalue weighted by atomic mass is 10.2. The zero-order valence-corrected chi connectivity index (χ0v) is 17.1. The van der Waals surface area contributed by atoms with Crippen LogP contribution in [0.15, 0.2) is 58.8 Å². The van der Waals surface area contributed by atoms with Crippen molar-refractivity contribution >= 4 is 46.4 Å². The molecule has 0 saturated heterocycles. The molecule has 3 aromatic rings. The maximum absolute atomic E-state index is 12.5. The predicted octanol–water partition coefficient (Wildman–Crippen LogP) is 4.75. The molecule has 0 atom stereocenters. The van der Waals surface area contributed by atoms with Crippen LogP contribution in [-0.4, -0.2) is 24.0 Å². The van der Waals surface area contributed by atoms with Crippen molar-refractivity contribution in [3.63, 3.8) is 0 Å². The fourth-order valence-electron chi connectivity index (χ4n) is 2.41. The molecule has 3 N–H and O–H groups in total. The van der Waals surface area contributed by atoms with Crippen LogP contribution in [0.2, 0.25) is 0 Å². The van der Waals surface area contributed by atoms with Gasteiger partial charge in [0.1, 0.15) is 0 Å². The van der Waals surface area contributed by atoms with E-state index in [0.29, 0.717) is 16.9 Å². The van der Waals surface area contributed by atoms with Gasteiger partial charge < -0.3 is 16.0 Å². The van der Waals surface area contributed by atoms with E-state index in [1.54, 1.807) is 66.5 Å². The van der Waals surface area contributed by atoms with Gasteiger partial charge >= 0.3 is 6.03 Å². The molecule has 0 aliphatic heterocycles. The van der Waals surface area contributed by atoms with Crippen LogP contribution < -0.4 is 16.0 Å². The molecule has 0 spiro atoms. The summed E-state index contributed by atoms with van der Waals surface area (Å²) in [5, 5.41) is 11.1. The van der Waals surface area contributed by atoms with Crippen LogP contribution in [0.4, 0.5) is 16.2 Å². The topological polar surface area (TPSA) is 83.1 Å². The number of nitrogens with one attached hydrogen (secondary N) is 3. The average molecular weight is 413 g/mol. The Bertz CT molecular complexity index is 970. The summed E-state index contributed by atoms with van der Waals surface area (Å²) in [5.74, 6) is 0.602. The van der Waals surface area contributed by atoms with Gasteiger partial charge in [-0.25, -0.2) is 9.78 Å². The largest absolute Gasteiger partial charge is 0.341 e. The van der Waals surface area contributed by atoms with E-state index in [0.717, 1.165) is 21.3 Å². The summed E-state index contributed by atoms with van der Waals surface area (Å²) in [6.45, 7) is 2.00. The summed E-state index contributed by atoms with van der Waals surface area (Å²) in [4.78, 5) is 29.4. The van der Waals surface area contributed by atoms with Crippen LogP contribution in [-0.2, 0) is 5.75 Å². The van der Waals surface area contributed by atoms with Crippen molar-refractivity contribution in [1.29, 1.82) is 0 Å². The normalized spacial score (nSPS) is 10.4. The van der Waals surface area contributed by atoms with Gasteiger partial charge in [-0.15, -0.1) is 23.1 Å².